The Hall–Kier alpha value is -1.42. The van der Waals surface area contributed by atoms with Crippen LogP contribution in [0.4, 0.5) is 10.1 Å². The number of rotatable bonds is 2. The second-order valence-electron chi connectivity index (χ2n) is 3.24. The third-order valence-electron chi connectivity index (χ3n) is 1.74. The Balaban J connectivity index is 2.89. The van der Waals surface area contributed by atoms with Crippen molar-refractivity contribution in [2.75, 3.05) is 0 Å². The number of halogens is 1. The summed E-state index contributed by atoms with van der Waals surface area (Å²) < 4.78 is 12.6. The number of hydrogen-bond acceptors (Lipinski definition) is 2. The molecule has 0 aliphatic heterocycles. The summed E-state index contributed by atoms with van der Waals surface area (Å²) in [5.41, 5.74) is 2.63. The lowest BCUT2D eigenvalue weighted by Crippen LogP contribution is -2.24. The molecule has 1 aromatic rings. The molecule has 0 bridgehead atoms. The molecule has 4 heteroatoms. The molecule has 0 saturated heterocycles. The average Bonchev–Trinajstić information content (AvgIpc) is 2.16. The van der Waals surface area contributed by atoms with Crippen LogP contribution in [0.1, 0.15) is 13.8 Å². The van der Waals surface area contributed by atoms with E-state index in [2.05, 4.69) is 4.99 Å². The molecule has 0 radical (unpaired) electrons. The van der Waals surface area contributed by atoms with Gasteiger partial charge in [0.15, 0.2) is 0 Å². The molecule has 14 heavy (non-hydrogen) atoms. The first-order valence-electron chi connectivity index (χ1n) is 4.37. The predicted molar refractivity (Wildman–Crippen MR) is 53.3 cm³/mol. The fourth-order valence-corrected chi connectivity index (χ4v) is 0.938. The normalized spacial score (nSPS) is 11.9. The predicted octanol–water partition coefficient (Wildman–Crippen LogP) is 2.49. The van der Waals surface area contributed by atoms with Crippen molar-refractivity contribution in [2.24, 2.45) is 10.9 Å². The number of nitrogens with zero attached hydrogens (tertiary/aromatic N) is 1. The largest absolute Gasteiger partial charge is 0.290 e. The quantitative estimate of drug-likeness (QED) is 0.433. The second-order valence-corrected chi connectivity index (χ2v) is 3.24. The molecule has 76 valence electrons. The van der Waals surface area contributed by atoms with Gasteiger partial charge in [-0.05, 0) is 24.3 Å². The first kappa shape index (κ1) is 10.7. The number of aliphatic imine (C=N–C) groups is 1. The third kappa shape index (κ3) is 2.81. The molecule has 0 saturated carbocycles. The molecular formula is C10H13FN2O. The summed E-state index contributed by atoms with van der Waals surface area (Å²) in [6.45, 7) is 3.79. The molecule has 1 aromatic carbocycles. The van der Waals surface area contributed by atoms with E-state index in [1.807, 2.05) is 19.3 Å². The van der Waals surface area contributed by atoms with Crippen LogP contribution in [0.25, 0.3) is 0 Å². The zero-order chi connectivity index (χ0) is 10.6. The van der Waals surface area contributed by atoms with Crippen molar-refractivity contribution in [1.82, 2.24) is 5.48 Å². The molecule has 0 aromatic heterocycles. The Labute approximate surface area is 82.3 Å². The van der Waals surface area contributed by atoms with E-state index >= 15 is 0 Å². The average molecular weight is 196 g/mol. The molecule has 0 spiro atoms. The van der Waals surface area contributed by atoms with Crippen molar-refractivity contribution in [2.45, 2.75) is 13.8 Å². The van der Waals surface area contributed by atoms with Crippen LogP contribution in [0.15, 0.2) is 29.3 Å². The third-order valence-corrected chi connectivity index (χ3v) is 1.74. The topological polar surface area (TPSA) is 44.6 Å². The minimum Gasteiger partial charge on any atom is -0.290 e. The second kappa shape index (κ2) is 4.72. The molecule has 1 rings (SSSR count). The lowest BCUT2D eigenvalue weighted by Gasteiger charge is -2.07. The van der Waals surface area contributed by atoms with E-state index in [-0.39, 0.29) is 11.7 Å². The summed E-state index contributed by atoms with van der Waals surface area (Å²) in [6.07, 6.45) is 0. The molecule has 0 aliphatic rings. The number of amidine groups is 1. The maximum absolute atomic E-state index is 12.6. The molecule has 0 heterocycles. The van der Waals surface area contributed by atoms with E-state index in [0.29, 0.717) is 11.5 Å². The smallest absolute Gasteiger partial charge is 0.128 e. The fourth-order valence-electron chi connectivity index (χ4n) is 0.938. The zero-order valence-corrected chi connectivity index (χ0v) is 8.16. The van der Waals surface area contributed by atoms with Crippen LogP contribution in [0.2, 0.25) is 0 Å². The first-order valence-corrected chi connectivity index (χ1v) is 4.37. The zero-order valence-electron chi connectivity index (χ0n) is 8.16. The van der Waals surface area contributed by atoms with E-state index in [1.54, 1.807) is 12.1 Å². The highest BCUT2D eigenvalue weighted by Crippen LogP contribution is 2.13. The van der Waals surface area contributed by atoms with Gasteiger partial charge in [0, 0.05) is 5.92 Å². The van der Waals surface area contributed by atoms with Crippen molar-refractivity contribution in [3.63, 3.8) is 0 Å². The summed E-state index contributed by atoms with van der Waals surface area (Å²) >= 11 is 0. The first-order chi connectivity index (χ1) is 6.63. The highest BCUT2D eigenvalue weighted by atomic mass is 19.1. The molecule has 2 N–H and O–H groups in total. The summed E-state index contributed by atoms with van der Waals surface area (Å²) in [4.78, 5) is 4.11. The maximum Gasteiger partial charge on any atom is 0.128 e. The lowest BCUT2D eigenvalue weighted by atomic mass is 10.2. The SMILES string of the molecule is CC(C)C(=Nc1ccc(F)cc1)NO. The van der Waals surface area contributed by atoms with Crippen molar-refractivity contribution in [1.29, 1.82) is 0 Å². The van der Waals surface area contributed by atoms with Crippen molar-refractivity contribution < 1.29 is 9.60 Å². The minimum atomic E-state index is -0.299. The van der Waals surface area contributed by atoms with E-state index in [4.69, 9.17) is 5.21 Å². The molecule has 0 aliphatic carbocycles. The van der Waals surface area contributed by atoms with E-state index in [1.165, 1.54) is 12.1 Å². The molecular weight excluding hydrogens is 183 g/mol. The van der Waals surface area contributed by atoms with Gasteiger partial charge >= 0.3 is 0 Å². The van der Waals surface area contributed by atoms with E-state index in [0.717, 1.165) is 0 Å². The van der Waals surface area contributed by atoms with E-state index < -0.39 is 0 Å². The van der Waals surface area contributed by atoms with Crippen LogP contribution in [0.5, 0.6) is 0 Å². The van der Waals surface area contributed by atoms with Crippen LogP contribution in [-0.2, 0) is 0 Å². The van der Waals surface area contributed by atoms with Crippen molar-refractivity contribution >= 4 is 11.5 Å². The Kier molecular flexibility index (Phi) is 3.59. The van der Waals surface area contributed by atoms with Gasteiger partial charge in [-0.15, -0.1) is 0 Å². The van der Waals surface area contributed by atoms with E-state index in [9.17, 15) is 4.39 Å². The number of hydroxylamine groups is 1. The van der Waals surface area contributed by atoms with Gasteiger partial charge in [-0.3, -0.25) is 10.7 Å². The summed E-state index contributed by atoms with van der Waals surface area (Å²) in [5, 5.41) is 8.76. The number of benzene rings is 1. The van der Waals surface area contributed by atoms with Gasteiger partial charge in [0.05, 0.1) is 5.69 Å². The van der Waals surface area contributed by atoms with Gasteiger partial charge in [0.25, 0.3) is 0 Å². The Bertz CT molecular complexity index is 319. The van der Waals surface area contributed by atoms with Gasteiger partial charge in [-0.25, -0.2) is 9.38 Å². The van der Waals surface area contributed by atoms with Gasteiger partial charge in [-0.2, -0.15) is 0 Å². The van der Waals surface area contributed by atoms with Gasteiger partial charge in [0.2, 0.25) is 0 Å². The minimum absolute atomic E-state index is 0.0880. The number of hydrogen-bond donors (Lipinski definition) is 2. The summed E-state index contributed by atoms with van der Waals surface area (Å²) in [5.74, 6) is 0.244. The summed E-state index contributed by atoms with van der Waals surface area (Å²) in [7, 11) is 0. The molecule has 0 unspecified atom stereocenters. The fraction of sp³-hybridized carbons (Fsp3) is 0.300. The summed E-state index contributed by atoms with van der Waals surface area (Å²) in [6, 6.07) is 5.76. The lowest BCUT2D eigenvalue weighted by molar-refractivity contribution is 0.228. The molecule has 0 atom stereocenters. The number of nitrogens with one attached hydrogen (secondary N) is 1. The van der Waals surface area contributed by atoms with Crippen molar-refractivity contribution in [3.05, 3.63) is 30.1 Å². The van der Waals surface area contributed by atoms with Crippen LogP contribution < -0.4 is 5.48 Å². The van der Waals surface area contributed by atoms with Crippen LogP contribution in [-0.4, -0.2) is 11.0 Å². The van der Waals surface area contributed by atoms with Crippen LogP contribution >= 0.6 is 0 Å². The molecule has 3 nitrogen and oxygen atoms in total. The van der Waals surface area contributed by atoms with Gasteiger partial charge in [0.1, 0.15) is 11.7 Å². The highest BCUT2D eigenvalue weighted by molar-refractivity contribution is 5.85. The standard InChI is InChI=1S/C10H13FN2O/c1-7(2)10(13-14)12-9-5-3-8(11)4-6-9/h3-7,14H,1-2H3,(H,12,13). The molecule has 0 fully saturated rings. The Morgan fingerprint density at radius 1 is 1.36 bits per heavy atom. The van der Waals surface area contributed by atoms with Gasteiger partial charge < -0.3 is 0 Å². The van der Waals surface area contributed by atoms with Crippen LogP contribution in [0, 0.1) is 11.7 Å². The van der Waals surface area contributed by atoms with Crippen LogP contribution in [0.3, 0.4) is 0 Å². The Morgan fingerprint density at radius 2 is 1.93 bits per heavy atom. The Morgan fingerprint density at radius 3 is 2.36 bits per heavy atom. The maximum atomic E-state index is 12.6. The highest BCUT2D eigenvalue weighted by Gasteiger charge is 2.03. The molecule has 0 amide bonds. The van der Waals surface area contributed by atoms with Crippen molar-refractivity contribution in [3.8, 4) is 0 Å². The van der Waals surface area contributed by atoms with Gasteiger partial charge in [-0.1, -0.05) is 13.8 Å². The monoisotopic (exact) mass is 196 g/mol.